The second-order valence-electron chi connectivity index (χ2n) is 6.12. The van der Waals surface area contributed by atoms with Crippen molar-refractivity contribution in [2.45, 2.75) is 38.3 Å². The molecule has 3 rings (SSSR count). The molecule has 1 aromatic carbocycles. The maximum Gasteiger partial charge on any atom is 0.103 e. The van der Waals surface area contributed by atoms with E-state index in [0.29, 0.717) is 11.6 Å². The van der Waals surface area contributed by atoms with Gasteiger partial charge in [-0.1, -0.05) is 18.2 Å². The van der Waals surface area contributed by atoms with Gasteiger partial charge in [-0.25, -0.2) is 0 Å². The van der Waals surface area contributed by atoms with Crippen LogP contribution < -0.4 is 5.32 Å². The number of hydrogen-bond donors (Lipinski definition) is 1. The standard InChI is InChI=1S/C17H19N3O/c1-17(2)9-13(7-8-21-17)20-16-12(10-18)11-19-15-6-4-3-5-14(15)16/h3-6,11,13H,7-9H2,1-2H3,(H,19,20). The third-order valence-corrected chi connectivity index (χ3v) is 3.94. The zero-order valence-electron chi connectivity index (χ0n) is 12.4. The van der Waals surface area contributed by atoms with E-state index in [-0.39, 0.29) is 5.60 Å². The highest BCUT2D eigenvalue weighted by Gasteiger charge is 2.29. The van der Waals surface area contributed by atoms with Crippen LogP contribution in [0.2, 0.25) is 0 Å². The number of hydrogen-bond acceptors (Lipinski definition) is 4. The predicted octanol–water partition coefficient (Wildman–Crippen LogP) is 3.48. The molecule has 1 aromatic heterocycles. The van der Waals surface area contributed by atoms with Gasteiger partial charge >= 0.3 is 0 Å². The van der Waals surface area contributed by atoms with Gasteiger partial charge in [-0.15, -0.1) is 0 Å². The first-order valence-electron chi connectivity index (χ1n) is 7.27. The topological polar surface area (TPSA) is 57.9 Å². The fourth-order valence-corrected chi connectivity index (χ4v) is 2.94. The Bertz CT molecular complexity index is 703. The number of anilines is 1. The van der Waals surface area contributed by atoms with E-state index in [2.05, 4.69) is 30.2 Å². The molecule has 0 amide bonds. The summed E-state index contributed by atoms with van der Waals surface area (Å²) in [7, 11) is 0. The average Bonchev–Trinajstić information content (AvgIpc) is 2.46. The van der Waals surface area contributed by atoms with Crippen LogP contribution in [0.15, 0.2) is 30.5 Å². The zero-order chi connectivity index (χ0) is 14.9. The van der Waals surface area contributed by atoms with Crippen molar-refractivity contribution >= 4 is 16.6 Å². The minimum atomic E-state index is -0.119. The van der Waals surface area contributed by atoms with Crippen LogP contribution in [0, 0.1) is 11.3 Å². The number of rotatable bonds is 2. The summed E-state index contributed by atoms with van der Waals surface area (Å²) in [6, 6.07) is 10.5. The number of nitrogens with one attached hydrogen (secondary N) is 1. The Labute approximate surface area is 124 Å². The smallest absolute Gasteiger partial charge is 0.103 e. The normalized spacial score (nSPS) is 20.9. The van der Waals surface area contributed by atoms with Crippen LogP contribution in [-0.2, 0) is 4.74 Å². The van der Waals surface area contributed by atoms with Crippen molar-refractivity contribution in [2.75, 3.05) is 11.9 Å². The van der Waals surface area contributed by atoms with Crippen molar-refractivity contribution in [1.29, 1.82) is 5.26 Å². The molecule has 0 spiro atoms. The summed E-state index contributed by atoms with van der Waals surface area (Å²) in [6.45, 7) is 4.96. The van der Waals surface area contributed by atoms with E-state index in [9.17, 15) is 5.26 Å². The number of aromatic nitrogens is 1. The SMILES string of the molecule is CC1(C)CC(Nc2c(C#N)cnc3ccccc23)CCO1. The van der Waals surface area contributed by atoms with Gasteiger partial charge in [0.1, 0.15) is 6.07 Å². The summed E-state index contributed by atoms with van der Waals surface area (Å²) in [5.41, 5.74) is 2.28. The molecule has 1 aliphatic heterocycles. The van der Waals surface area contributed by atoms with Crippen LogP contribution in [0.4, 0.5) is 5.69 Å². The van der Waals surface area contributed by atoms with Gasteiger partial charge in [0.25, 0.3) is 0 Å². The van der Waals surface area contributed by atoms with E-state index in [1.165, 1.54) is 0 Å². The third-order valence-electron chi connectivity index (χ3n) is 3.94. The molecule has 2 heterocycles. The highest BCUT2D eigenvalue weighted by Crippen LogP contribution is 2.30. The summed E-state index contributed by atoms with van der Waals surface area (Å²) in [6.07, 6.45) is 3.52. The van der Waals surface area contributed by atoms with E-state index >= 15 is 0 Å². The number of para-hydroxylation sites is 1. The fourth-order valence-electron chi connectivity index (χ4n) is 2.94. The number of ether oxygens (including phenoxy) is 1. The van der Waals surface area contributed by atoms with Gasteiger partial charge in [0, 0.05) is 24.2 Å². The molecule has 4 nitrogen and oxygen atoms in total. The summed E-state index contributed by atoms with van der Waals surface area (Å²) in [5.74, 6) is 0. The average molecular weight is 281 g/mol. The Morgan fingerprint density at radius 3 is 2.95 bits per heavy atom. The van der Waals surface area contributed by atoms with Gasteiger partial charge < -0.3 is 10.1 Å². The molecule has 108 valence electrons. The molecule has 2 aromatic rings. The number of nitriles is 1. The Morgan fingerprint density at radius 2 is 2.19 bits per heavy atom. The van der Waals surface area contributed by atoms with Crippen LogP contribution >= 0.6 is 0 Å². The monoisotopic (exact) mass is 281 g/mol. The van der Waals surface area contributed by atoms with Crippen molar-refractivity contribution in [1.82, 2.24) is 4.98 Å². The van der Waals surface area contributed by atoms with Crippen molar-refractivity contribution in [2.24, 2.45) is 0 Å². The van der Waals surface area contributed by atoms with Gasteiger partial charge in [0.2, 0.25) is 0 Å². The molecular weight excluding hydrogens is 262 g/mol. The number of pyridine rings is 1. The lowest BCUT2D eigenvalue weighted by molar-refractivity contribution is -0.0553. The number of nitrogens with zero attached hydrogens (tertiary/aromatic N) is 2. The first kappa shape index (κ1) is 13.8. The van der Waals surface area contributed by atoms with Gasteiger partial charge in [0.05, 0.1) is 22.4 Å². The first-order valence-corrected chi connectivity index (χ1v) is 7.27. The predicted molar refractivity (Wildman–Crippen MR) is 83.1 cm³/mol. The van der Waals surface area contributed by atoms with Crippen molar-refractivity contribution in [3.63, 3.8) is 0 Å². The van der Waals surface area contributed by atoms with Gasteiger partial charge in [0.15, 0.2) is 0 Å². The summed E-state index contributed by atoms with van der Waals surface area (Å²) < 4.78 is 5.76. The molecular formula is C17H19N3O. The van der Waals surface area contributed by atoms with E-state index in [1.807, 2.05) is 24.3 Å². The lowest BCUT2D eigenvalue weighted by Crippen LogP contribution is -2.40. The molecule has 1 saturated heterocycles. The molecule has 1 atom stereocenters. The molecule has 1 N–H and O–H groups in total. The van der Waals surface area contributed by atoms with E-state index < -0.39 is 0 Å². The summed E-state index contributed by atoms with van der Waals surface area (Å²) in [4.78, 5) is 4.35. The van der Waals surface area contributed by atoms with Crippen molar-refractivity contribution in [3.8, 4) is 6.07 Å². The van der Waals surface area contributed by atoms with E-state index in [4.69, 9.17) is 4.74 Å². The third kappa shape index (κ3) is 2.84. The quantitative estimate of drug-likeness (QED) is 0.915. The molecule has 1 unspecified atom stereocenters. The highest BCUT2D eigenvalue weighted by atomic mass is 16.5. The molecule has 1 fully saturated rings. The van der Waals surface area contributed by atoms with Gasteiger partial charge in [-0.3, -0.25) is 4.98 Å². The first-order chi connectivity index (χ1) is 10.1. The molecule has 21 heavy (non-hydrogen) atoms. The van der Waals surface area contributed by atoms with Gasteiger partial charge in [-0.2, -0.15) is 5.26 Å². The van der Waals surface area contributed by atoms with E-state index in [0.717, 1.165) is 36.0 Å². The molecule has 0 radical (unpaired) electrons. The lowest BCUT2D eigenvalue weighted by Gasteiger charge is -2.36. The molecule has 4 heteroatoms. The number of fused-ring (bicyclic) bond motifs is 1. The Hall–Kier alpha value is -2.12. The minimum Gasteiger partial charge on any atom is -0.380 e. The van der Waals surface area contributed by atoms with Crippen LogP contribution in [0.25, 0.3) is 10.9 Å². The van der Waals surface area contributed by atoms with E-state index in [1.54, 1.807) is 6.20 Å². The molecule has 0 saturated carbocycles. The molecule has 1 aliphatic rings. The van der Waals surface area contributed by atoms with Crippen molar-refractivity contribution in [3.05, 3.63) is 36.0 Å². The van der Waals surface area contributed by atoms with Crippen LogP contribution in [0.1, 0.15) is 32.3 Å². The minimum absolute atomic E-state index is 0.119. The second kappa shape index (κ2) is 5.34. The second-order valence-corrected chi connectivity index (χ2v) is 6.12. The molecule has 0 bridgehead atoms. The van der Waals surface area contributed by atoms with Crippen molar-refractivity contribution < 1.29 is 4.74 Å². The van der Waals surface area contributed by atoms with Gasteiger partial charge in [-0.05, 0) is 32.8 Å². The van der Waals surface area contributed by atoms with Crippen LogP contribution in [0.5, 0.6) is 0 Å². The Morgan fingerprint density at radius 1 is 1.38 bits per heavy atom. The highest BCUT2D eigenvalue weighted by molar-refractivity contribution is 5.93. The fraction of sp³-hybridized carbons (Fsp3) is 0.412. The maximum absolute atomic E-state index is 9.36. The summed E-state index contributed by atoms with van der Waals surface area (Å²) >= 11 is 0. The largest absolute Gasteiger partial charge is 0.380 e. The lowest BCUT2D eigenvalue weighted by atomic mass is 9.93. The van der Waals surface area contributed by atoms with Crippen LogP contribution in [0.3, 0.4) is 0 Å². The maximum atomic E-state index is 9.36. The molecule has 0 aliphatic carbocycles. The van der Waals surface area contributed by atoms with Crippen LogP contribution in [-0.4, -0.2) is 23.2 Å². The Kier molecular flexibility index (Phi) is 3.52. The summed E-state index contributed by atoms with van der Waals surface area (Å²) in [5, 5.41) is 13.9. The Balaban J connectivity index is 1.98. The zero-order valence-corrected chi connectivity index (χ0v) is 12.4. The number of benzene rings is 1.